The Morgan fingerprint density at radius 3 is 2.80 bits per heavy atom. The van der Waals surface area contributed by atoms with Gasteiger partial charge < -0.3 is 26.8 Å². The smallest absolute Gasteiger partial charge is 0.104 e. The zero-order valence-corrected chi connectivity index (χ0v) is 10.6. The van der Waals surface area contributed by atoms with Crippen LogP contribution in [0.1, 0.15) is 6.42 Å². The molecule has 5 heteroatoms. The summed E-state index contributed by atoms with van der Waals surface area (Å²) in [6, 6.07) is 0. The largest absolute Gasteiger partial charge is 0.790 e. The van der Waals surface area contributed by atoms with E-state index >= 15 is 0 Å². The van der Waals surface area contributed by atoms with Crippen LogP contribution in [0.25, 0.3) is 0 Å². The molecule has 1 aliphatic heterocycles. The normalized spacial score (nSPS) is 21.6. The predicted molar refractivity (Wildman–Crippen MR) is 65.6 cm³/mol. The maximum atomic E-state index is 5.52. The Morgan fingerprint density at radius 1 is 1.40 bits per heavy atom. The fourth-order valence-corrected chi connectivity index (χ4v) is 1.57. The third-order valence-electron chi connectivity index (χ3n) is 2.22. The molecule has 0 spiro atoms. The minimum atomic E-state index is 0.349. The van der Waals surface area contributed by atoms with Gasteiger partial charge in [-0.1, -0.05) is 0 Å². The second-order valence-corrected chi connectivity index (χ2v) is 4.42. The molecule has 1 saturated heterocycles. The third kappa shape index (κ3) is 7.47. The molecule has 2 atom stereocenters. The van der Waals surface area contributed by atoms with Crippen LogP contribution < -0.4 is 0 Å². The number of hydrogen-bond acceptors (Lipinski definition) is 5. The zero-order chi connectivity index (χ0) is 10.9. The average Bonchev–Trinajstić information content (AvgIpc) is 3.05. The topological polar surface area (TPSA) is 31.0 Å². The fourth-order valence-electron chi connectivity index (χ4n) is 1.17. The van der Waals surface area contributed by atoms with E-state index in [1.165, 1.54) is 0 Å². The Labute approximate surface area is 103 Å². The van der Waals surface area contributed by atoms with Crippen molar-refractivity contribution in [1.82, 2.24) is 0 Å². The number of ether oxygens (including phenoxy) is 3. The molecule has 0 saturated carbocycles. The lowest BCUT2D eigenvalue weighted by molar-refractivity contribution is 0.0725. The van der Waals surface area contributed by atoms with Crippen LogP contribution in [0.2, 0.25) is 0 Å². The molecule has 1 heterocycles. The van der Waals surface area contributed by atoms with Crippen LogP contribution in [-0.2, 0) is 26.8 Å². The van der Waals surface area contributed by atoms with E-state index in [9.17, 15) is 0 Å². The summed E-state index contributed by atoms with van der Waals surface area (Å²) in [5.41, 5.74) is 0. The van der Waals surface area contributed by atoms with Crippen molar-refractivity contribution in [3.63, 3.8) is 0 Å². The summed E-state index contributed by atoms with van der Waals surface area (Å²) in [6.07, 6.45) is 1.34. The molecule has 1 rings (SSSR count). The standard InChI is InChI=1S/C10H20O3S2/c14-4-3-11-2-1-9(8-15)5-12-6-10-7-13-10/h9-10,14-15H,1-8H2/p-1. The summed E-state index contributed by atoms with van der Waals surface area (Å²) in [7, 11) is 0. The SMILES string of the molecule is [S-]CCOCCC(CS)COCC1CO1. The Kier molecular flexibility index (Phi) is 7.91. The van der Waals surface area contributed by atoms with Crippen LogP contribution in [-0.4, -0.2) is 50.6 Å². The van der Waals surface area contributed by atoms with Gasteiger partial charge in [0, 0.05) is 13.2 Å². The quantitative estimate of drug-likeness (QED) is 0.270. The fraction of sp³-hybridized carbons (Fsp3) is 1.00. The molecular formula is C10H19O3S2-. The molecule has 90 valence electrons. The lowest BCUT2D eigenvalue weighted by atomic mass is 10.1. The third-order valence-corrected chi connectivity index (χ3v) is 2.90. The highest BCUT2D eigenvalue weighted by atomic mass is 32.1. The summed E-state index contributed by atoms with van der Waals surface area (Å²) in [5.74, 6) is 1.97. The number of rotatable bonds is 10. The first-order valence-corrected chi connectivity index (χ1v) is 6.54. The zero-order valence-electron chi connectivity index (χ0n) is 8.89. The molecule has 1 fully saturated rings. The second kappa shape index (κ2) is 8.70. The molecule has 1 aliphatic rings. The summed E-state index contributed by atoms with van der Waals surface area (Å²) >= 11 is 9.08. The highest BCUT2D eigenvalue weighted by Crippen LogP contribution is 2.11. The van der Waals surface area contributed by atoms with Gasteiger partial charge in [-0.05, 0) is 18.1 Å². The molecule has 3 nitrogen and oxygen atoms in total. The predicted octanol–water partition coefficient (Wildman–Crippen LogP) is 0.901. The van der Waals surface area contributed by atoms with Gasteiger partial charge in [0.2, 0.25) is 0 Å². The van der Waals surface area contributed by atoms with E-state index in [0.29, 0.717) is 24.4 Å². The van der Waals surface area contributed by atoms with Crippen LogP contribution in [0.4, 0.5) is 0 Å². The summed E-state index contributed by atoms with van der Waals surface area (Å²) in [4.78, 5) is 0. The van der Waals surface area contributed by atoms with Gasteiger partial charge in [0.15, 0.2) is 0 Å². The van der Waals surface area contributed by atoms with Crippen LogP contribution in [0.15, 0.2) is 0 Å². The molecular weight excluding hydrogens is 232 g/mol. The molecule has 0 N–H and O–H groups in total. The number of epoxide rings is 1. The first-order valence-electron chi connectivity index (χ1n) is 5.33. The highest BCUT2D eigenvalue weighted by molar-refractivity contribution is 7.80. The van der Waals surface area contributed by atoms with Crippen molar-refractivity contribution in [2.45, 2.75) is 12.5 Å². The molecule has 15 heavy (non-hydrogen) atoms. The Balaban J connectivity index is 1.90. The Bertz CT molecular complexity index is 154. The maximum Gasteiger partial charge on any atom is 0.104 e. The summed E-state index contributed by atoms with van der Waals surface area (Å²) < 4.78 is 15.9. The van der Waals surface area contributed by atoms with Gasteiger partial charge in [-0.15, -0.1) is 0 Å². The number of hydrogen-bond donors (Lipinski definition) is 1. The van der Waals surface area contributed by atoms with Crippen molar-refractivity contribution in [2.75, 3.05) is 44.5 Å². The molecule has 0 bridgehead atoms. The molecule has 0 radical (unpaired) electrons. The van der Waals surface area contributed by atoms with Gasteiger partial charge in [0.05, 0.1) is 19.8 Å². The van der Waals surface area contributed by atoms with Crippen molar-refractivity contribution in [3.05, 3.63) is 0 Å². The average molecular weight is 251 g/mol. The second-order valence-electron chi connectivity index (χ2n) is 3.65. The van der Waals surface area contributed by atoms with Gasteiger partial charge in [-0.25, -0.2) is 0 Å². The van der Waals surface area contributed by atoms with Gasteiger partial charge >= 0.3 is 0 Å². The van der Waals surface area contributed by atoms with Crippen LogP contribution in [0.5, 0.6) is 0 Å². The summed E-state index contributed by atoms with van der Waals surface area (Å²) in [5, 5.41) is 0. The van der Waals surface area contributed by atoms with Crippen molar-refractivity contribution in [3.8, 4) is 0 Å². The Morgan fingerprint density at radius 2 is 2.20 bits per heavy atom. The van der Waals surface area contributed by atoms with Gasteiger partial charge in [-0.3, -0.25) is 0 Å². The van der Waals surface area contributed by atoms with E-state index < -0.39 is 0 Å². The van der Waals surface area contributed by atoms with E-state index in [0.717, 1.165) is 38.6 Å². The van der Waals surface area contributed by atoms with E-state index in [1.54, 1.807) is 0 Å². The van der Waals surface area contributed by atoms with Gasteiger partial charge in [0.25, 0.3) is 0 Å². The molecule has 2 unspecified atom stereocenters. The molecule has 0 amide bonds. The van der Waals surface area contributed by atoms with Crippen molar-refractivity contribution in [1.29, 1.82) is 0 Å². The molecule has 0 aromatic carbocycles. The lowest BCUT2D eigenvalue weighted by Gasteiger charge is -2.14. The van der Waals surface area contributed by atoms with Crippen molar-refractivity contribution >= 4 is 25.3 Å². The monoisotopic (exact) mass is 251 g/mol. The van der Waals surface area contributed by atoms with Gasteiger partial charge in [0.1, 0.15) is 6.10 Å². The van der Waals surface area contributed by atoms with E-state index in [1.807, 2.05) is 0 Å². The van der Waals surface area contributed by atoms with Crippen LogP contribution in [0, 0.1) is 5.92 Å². The lowest BCUT2D eigenvalue weighted by Crippen LogP contribution is -2.16. The van der Waals surface area contributed by atoms with Gasteiger partial charge in [-0.2, -0.15) is 18.4 Å². The highest BCUT2D eigenvalue weighted by Gasteiger charge is 2.22. The minimum absolute atomic E-state index is 0.349. The molecule has 0 aromatic heterocycles. The van der Waals surface area contributed by atoms with E-state index in [2.05, 4.69) is 12.6 Å². The first-order chi connectivity index (χ1) is 7.36. The first kappa shape index (κ1) is 13.6. The minimum Gasteiger partial charge on any atom is -0.790 e. The van der Waals surface area contributed by atoms with E-state index in [-0.39, 0.29) is 0 Å². The van der Waals surface area contributed by atoms with Crippen LogP contribution in [0.3, 0.4) is 0 Å². The van der Waals surface area contributed by atoms with E-state index in [4.69, 9.17) is 26.8 Å². The van der Waals surface area contributed by atoms with Crippen molar-refractivity contribution in [2.24, 2.45) is 5.92 Å². The number of thiol groups is 1. The Hall–Kier alpha value is 0.580. The molecule has 0 aliphatic carbocycles. The molecule has 0 aromatic rings. The van der Waals surface area contributed by atoms with Crippen molar-refractivity contribution < 1.29 is 14.2 Å². The van der Waals surface area contributed by atoms with Crippen LogP contribution >= 0.6 is 12.6 Å². The summed E-state index contributed by atoms with van der Waals surface area (Å²) in [6.45, 7) is 3.75. The maximum absolute atomic E-state index is 5.52.